The van der Waals surface area contributed by atoms with Crippen LogP contribution < -0.4 is 5.32 Å². The Morgan fingerprint density at radius 2 is 1.47 bits per heavy atom. The zero-order chi connectivity index (χ0) is 24.3. The molecule has 2 saturated heterocycles. The number of amides is 2. The topological polar surface area (TPSA) is 86.8 Å². The fourth-order valence-corrected chi connectivity index (χ4v) is 7.11. The lowest BCUT2D eigenvalue weighted by Gasteiger charge is -2.36. The van der Waals surface area contributed by atoms with Crippen molar-refractivity contribution in [3.05, 3.63) is 29.3 Å². The van der Waals surface area contributed by atoms with Gasteiger partial charge in [-0.15, -0.1) is 0 Å². The Bertz CT molecular complexity index is 987. The summed E-state index contributed by atoms with van der Waals surface area (Å²) in [5.74, 6) is 0.375. The van der Waals surface area contributed by atoms with Crippen LogP contribution in [0.4, 0.5) is 0 Å². The first kappa shape index (κ1) is 25.2. The molecule has 1 aliphatic carbocycles. The van der Waals surface area contributed by atoms with Crippen LogP contribution in [0.25, 0.3) is 0 Å². The lowest BCUT2D eigenvalue weighted by Crippen LogP contribution is -2.50. The van der Waals surface area contributed by atoms with Gasteiger partial charge >= 0.3 is 0 Å². The van der Waals surface area contributed by atoms with Gasteiger partial charge in [-0.05, 0) is 75.6 Å². The van der Waals surface area contributed by atoms with Gasteiger partial charge in [0.25, 0.3) is 0 Å². The molecule has 0 radical (unpaired) electrons. The van der Waals surface area contributed by atoms with Crippen LogP contribution in [-0.4, -0.2) is 61.7 Å². The molecule has 8 heteroatoms. The number of hydrogen-bond donors (Lipinski definition) is 1. The van der Waals surface area contributed by atoms with Gasteiger partial charge in [0.1, 0.15) is 0 Å². The maximum absolute atomic E-state index is 13.0. The van der Waals surface area contributed by atoms with Crippen molar-refractivity contribution >= 4 is 21.8 Å². The average Bonchev–Trinajstić information content (AvgIpc) is 2.86. The van der Waals surface area contributed by atoms with Crippen LogP contribution in [0.15, 0.2) is 23.1 Å². The third-order valence-electron chi connectivity index (χ3n) is 8.05. The Morgan fingerprint density at radius 1 is 0.824 bits per heavy atom. The Kier molecular flexibility index (Phi) is 7.97. The van der Waals surface area contributed by atoms with Crippen molar-refractivity contribution < 1.29 is 18.0 Å². The van der Waals surface area contributed by atoms with Gasteiger partial charge in [-0.1, -0.05) is 25.3 Å². The minimum absolute atomic E-state index is 0.0280. The molecule has 0 bridgehead atoms. The molecule has 0 aromatic heterocycles. The van der Waals surface area contributed by atoms with E-state index in [1.165, 1.54) is 10.7 Å². The number of nitrogens with zero attached hydrogens (tertiary/aromatic N) is 2. The molecule has 7 nitrogen and oxygen atoms in total. The molecule has 1 N–H and O–H groups in total. The van der Waals surface area contributed by atoms with Crippen LogP contribution in [0.5, 0.6) is 0 Å². The second-order valence-corrected chi connectivity index (χ2v) is 12.3. The molecule has 2 heterocycles. The van der Waals surface area contributed by atoms with Gasteiger partial charge in [0.15, 0.2) is 0 Å². The van der Waals surface area contributed by atoms with E-state index in [0.29, 0.717) is 49.8 Å². The zero-order valence-corrected chi connectivity index (χ0v) is 21.4. The first-order valence-electron chi connectivity index (χ1n) is 12.9. The third-order valence-corrected chi connectivity index (χ3v) is 9.94. The van der Waals surface area contributed by atoms with Crippen LogP contribution in [0.2, 0.25) is 0 Å². The predicted molar refractivity (Wildman–Crippen MR) is 132 cm³/mol. The van der Waals surface area contributed by atoms with E-state index in [1.54, 1.807) is 12.1 Å². The smallest absolute Gasteiger partial charge is 0.243 e. The minimum Gasteiger partial charge on any atom is -0.353 e. The number of carbonyl (C=O) groups excluding carboxylic acids is 2. The molecule has 3 aliphatic rings. The number of aryl methyl sites for hydroxylation is 2. The normalized spacial score (nSPS) is 22.0. The van der Waals surface area contributed by atoms with Crippen molar-refractivity contribution in [2.75, 3.05) is 26.2 Å². The Labute approximate surface area is 204 Å². The number of nitrogens with one attached hydrogen (secondary N) is 1. The van der Waals surface area contributed by atoms with Gasteiger partial charge < -0.3 is 10.2 Å². The van der Waals surface area contributed by atoms with Crippen molar-refractivity contribution in [3.8, 4) is 0 Å². The second-order valence-electron chi connectivity index (χ2n) is 10.4. The highest BCUT2D eigenvalue weighted by Crippen LogP contribution is 2.28. The highest BCUT2D eigenvalue weighted by Gasteiger charge is 2.34. The molecule has 2 aliphatic heterocycles. The van der Waals surface area contributed by atoms with Crippen LogP contribution >= 0.6 is 0 Å². The number of hydrogen-bond acceptors (Lipinski definition) is 4. The summed E-state index contributed by atoms with van der Waals surface area (Å²) >= 11 is 0. The zero-order valence-electron chi connectivity index (χ0n) is 20.6. The van der Waals surface area contributed by atoms with E-state index in [9.17, 15) is 18.0 Å². The molecule has 0 unspecified atom stereocenters. The van der Waals surface area contributed by atoms with Crippen molar-refractivity contribution in [3.63, 3.8) is 0 Å². The van der Waals surface area contributed by atoms with Crippen molar-refractivity contribution in [1.29, 1.82) is 0 Å². The van der Waals surface area contributed by atoms with Crippen molar-refractivity contribution in [2.24, 2.45) is 11.8 Å². The van der Waals surface area contributed by atoms with E-state index in [0.717, 1.165) is 49.7 Å². The molecule has 1 aromatic carbocycles. The Balaban J connectivity index is 1.23. The lowest BCUT2D eigenvalue weighted by molar-refractivity contribution is -0.137. The number of rotatable bonds is 5. The van der Waals surface area contributed by atoms with Gasteiger partial charge in [-0.25, -0.2) is 8.42 Å². The molecule has 0 spiro atoms. The first-order chi connectivity index (χ1) is 16.3. The van der Waals surface area contributed by atoms with Crippen molar-refractivity contribution in [2.45, 2.75) is 82.6 Å². The molecular weight excluding hydrogens is 450 g/mol. The summed E-state index contributed by atoms with van der Waals surface area (Å²) in [6.07, 6.45) is 8.27. The molecule has 1 aromatic rings. The predicted octanol–water partition coefficient (Wildman–Crippen LogP) is 3.39. The second kappa shape index (κ2) is 10.8. The molecular formula is C26H39N3O4S. The summed E-state index contributed by atoms with van der Waals surface area (Å²) in [7, 11) is -3.54. The van der Waals surface area contributed by atoms with Crippen LogP contribution in [0.3, 0.4) is 0 Å². The molecule has 3 fully saturated rings. The minimum atomic E-state index is -3.54. The largest absolute Gasteiger partial charge is 0.353 e. The van der Waals surface area contributed by atoms with E-state index in [2.05, 4.69) is 5.32 Å². The fourth-order valence-electron chi connectivity index (χ4n) is 5.55. The molecule has 4 rings (SSSR count). The van der Waals surface area contributed by atoms with Crippen LogP contribution in [0, 0.1) is 25.7 Å². The van der Waals surface area contributed by atoms with Crippen LogP contribution in [0.1, 0.15) is 68.9 Å². The van der Waals surface area contributed by atoms with Gasteiger partial charge in [0, 0.05) is 44.1 Å². The Hall–Kier alpha value is -1.93. The van der Waals surface area contributed by atoms with E-state index < -0.39 is 10.0 Å². The molecule has 2 amide bonds. The first-order valence-corrected chi connectivity index (χ1v) is 14.4. The SMILES string of the molecule is Cc1ccc(S(=O)(=O)N2CCC(C(=O)NC3CCN(C(=O)C4CCCCC4)CC3)CC2)cc1C. The van der Waals surface area contributed by atoms with E-state index in [1.807, 2.05) is 24.8 Å². The maximum atomic E-state index is 13.0. The quantitative estimate of drug-likeness (QED) is 0.687. The lowest BCUT2D eigenvalue weighted by atomic mass is 9.87. The van der Waals surface area contributed by atoms with Gasteiger partial charge in [-0.2, -0.15) is 4.31 Å². The summed E-state index contributed by atoms with van der Waals surface area (Å²) < 4.78 is 27.6. The standard InChI is InChI=1S/C26H39N3O4S/c1-19-8-9-24(18-20(19)2)34(32,33)29-16-10-21(11-17-29)25(30)27-23-12-14-28(15-13-23)26(31)22-6-4-3-5-7-22/h8-9,18,21-23H,3-7,10-17H2,1-2H3,(H,27,30). The number of benzene rings is 1. The summed E-state index contributed by atoms with van der Waals surface area (Å²) in [6.45, 7) is 6.04. The number of sulfonamides is 1. The molecule has 1 saturated carbocycles. The fraction of sp³-hybridized carbons (Fsp3) is 0.692. The van der Waals surface area contributed by atoms with Gasteiger partial charge in [0.05, 0.1) is 4.90 Å². The summed E-state index contributed by atoms with van der Waals surface area (Å²) in [5.41, 5.74) is 2.03. The summed E-state index contributed by atoms with van der Waals surface area (Å²) in [5, 5.41) is 3.18. The molecule has 0 atom stereocenters. The number of likely N-dealkylation sites (tertiary alicyclic amines) is 1. The average molecular weight is 490 g/mol. The Morgan fingerprint density at radius 3 is 2.09 bits per heavy atom. The third kappa shape index (κ3) is 5.65. The number of piperidine rings is 2. The van der Waals surface area contributed by atoms with E-state index in [-0.39, 0.29) is 23.8 Å². The number of carbonyl (C=O) groups is 2. The van der Waals surface area contributed by atoms with Gasteiger partial charge in [-0.3, -0.25) is 9.59 Å². The summed E-state index contributed by atoms with van der Waals surface area (Å²) in [6, 6.07) is 5.34. The monoisotopic (exact) mass is 489 g/mol. The van der Waals surface area contributed by atoms with E-state index >= 15 is 0 Å². The van der Waals surface area contributed by atoms with Crippen molar-refractivity contribution in [1.82, 2.24) is 14.5 Å². The van der Waals surface area contributed by atoms with Crippen LogP contribution in [-0.2, 0) is 19.6 Å². The highest BCUT2D eigenvalue weighted by molar-refractivity contribution is 7.89. The highest BCUT2D eigenvalue weighted by atomic mass is 32.2. The van der Waals surface area contributed by atoms with Gasteiger partial charge in [0.2, 0.25) is 21.8 Å². The summed E-state index contributed by atoms with van der Waals surface area (Å²) in [4.78, 5) is 28.0. The molecule has 188 valence electrons. The maximum Gasteiger partial charge on any atom is 0.243 e. The van der Waals surface area contributed by atoms with E-state index in [4.69, 9.17) is 0 Å². The molecule has 34 heavy (non-hydrogen) atoms.